The maximum Gasteiger partial charge on any atom is 0.252 e. The first kappa shape index (κ1) is 16.9. The van der Waals surface area contributed by atoms with Gasteiger partial charge in [-0.25, -0.2) is 8.42 Å². The summed E-state index contributed by atoms with van der Waals surface area (Å²) in [5.74, 6) is 0.180. The molecule has 0 N–H and O–H groups in total. The molecule has 0 radical (unpaired) electrons. The van der Waals surface area contributed by atoms with Gasteiger partial charge in [0.1, 0.15) is 4.21 Å². The number of piperidine rings is 1. The molecular weight excluding hydrogens is 334 g/mol. The maximum atomic E-state index is 12.5. The standard InChI is InChI=1S/C15H23N3O3S2/c19-14(17-6-2-1-3-7-17)13-16-8-10-18(11-9-16)23(20,21)15-5-4-12-22-15/h4-5,12H,1-3,6-11,13H2. The fourth-order valence-corrected chi connectivity index (χ4v) is 5.67. The summed E-state index contributed by atoms with van der Waals surface area (Å²) >= 11 is 1.25. The molecular formula is C15H23N3O3S2. The zero-order valence-corrected chi connectivity index (χ0v) is 14.8. The van der Waals surface area contributed by atoms with Crippen LogP contribution in [0.3, 0.4) is 0 Å². The molecule has 6 nitrogen and oxygen atoms in total. The first-order valence-corrected chi connectivity index (χ1v) is 10.4. The first-order valence-electron chi connectivity index (χ1n) is 8.11. The summed E-state index contributed by atoms with van der Waals surface area (Å²) in [7, 11) is -3.36. The Labute approximate surface area is 141 Å². The minimum Gasteiger partial charge on any atom is -0.342 e. The van der Waals surface area contributed by atoms with Gasteiger partial charge in [-0.05, 0) is 30.7 Å². The van der Waals surface area contributed by atoms with Gasteiger partial charge in [0.25, 0.3) is 10.0 Å². The van der Waals surface area contributed by atoms with Gasteiger partial charge in [-0.2, -0.15) is 4.31 Å². The number of sulfonamides is 1. The Morgan fingerprint density at radius 2 is 1.74 bits per heavy atom. The highest BCUT2D eigenvalue weighted by Gasteiger charge is 2.30. The lowest BCUT2D eigenvalue weighted by Crippen LogP contribution is -2.51. The summed E-state index contributed by atoms with van der Waals surface area (Å²) in [6.07, 6.45) is 3.40. The number of hydrogen-bond acceptors (Lipinski definition) is 5. The third kappa shape index (κ3) is 3.93. The van der Waals surface area contributed by atoms with Crippen LogP contribution in [-0.2, 0) is 14.8 Å². The van der Waals surface area contributed by atoms with Crippen LogP contribution in [0.2, 0.25) is 0 Å². The number of nitrogens with zero attached hydrogens (tertiary/aromatic N) is 3. The zero-order valence-electron chi connectivity index (χ0n) is 13.2. The zero-order chi connectivity index (χ0) is 16.3. The average Bonchev–Trinajstić information content (AvgIpc) is 3.11. The van der Waals surface area contributed by atoms with Crippen molar-refractivity contribution in [3.05, 3.63) is 17.5 Å². The molecule has 23 heavy (non-hydrogen) atoms. The van der Waals surface area contributed by atoms with Crippen molar-refractivity contribution in [2.75, 3.05) is 45.8 Å². The summed E-state index contributed by atoms with van der Waals surface area (Å²) in [4.78, 5) is 16.3. The molecule has 2 aliphatic rings. The summed E-state index contributed by atoms with van der Waals surface area (Å²) < 4.78 is 26.9. The summed E-state index contributed by atoms with van der Waals surface area (Å²) in [5.41, 5.74) is 0. The van der Waals surface area contributed by atoms with Crippen LogP contribution in [0, 0.1) is 0 Å². The van der Waals surface area contributed by atoms with Crippen LogP contribution in [-0.4, -0.2) is 74.2 Å². The Balaban J connectivity index is 1.51. The highest BCUT2D eigenvalue weighted by molar-refractivity contribution is 7.91. The van der Waals surface area contributed by atoms with Gasteiger partial charge in [-0.15, -0.1) is 11.3 Å². The lowest BCUT2D eigenvalue weighted by atomic mass is 10.1. The Kier molecular flexibility index (Phi) is 5.35. The Hall–Kier alpha value is -0.960. The van der Waals surface area contributed by atoms with Crippen molar-refractivity contribution in [2.45, 2.75) is 23.5 Å². The van der Waals surface area contributed by atoms with Gasteiger partial charge < -0.3 is 4.90 Å². The van der Waals surface area contributed by atoms with Gasteiger partial charge in [-0.1, -0.05) is 6.07 Å². The number of piperazine rings is 1. The fourth-order valence-electron chi connectivity index (χ4n) is 3.10. The van der Waals surface area contributed by atoms with Crippen molar-refractivity contribution in [3.63, 3.8) is 0 Å². The van der Waals surface area contributed by atoms with Gasteiger partial charge in [-0.3, -0.25) is 9.69 Å². The monoisotopic (exact) mass is 357 g/mol. The van der Waals surface area contributed by atoms with E-state index in [2.05, 4.69) is 4.90 Å². The largest absolute Gasteiger partial charge is 0.342 e. The minimum atomic E-state index is -3.36. The molecule has 2 fully saturated rings. The third-order valence-corrected chi connectivity index (χ3v) is 7.76. The molecule has 0 spiro atoms. The second-order valence-corrected chi connectivity index (χ2v) is 9.17. The molecule has 128 valence electrons. The number of likely N-dealkylation sites (tertiary alicyclic amines) is 1. The number of thiophene rings is 1. The van der Waals surface area contributed by atoms with Gasteiger partial charge in [0, 0.05) is 39.3 Å². The van der Waals surface area contributed by atoms with Crippen LogP contribution in [0.15, 0.2) is 21.7 Å². The number of amides is 1. The molecule has 0 saturated carbocycles. The normalized spacial score (nSPS) is 21.5. The van der Waals surface area contributed by atoms with E-state index in [1.165, 1.54) is 22.1 Å². The average molecular weight is 358 g/mol. The summed E-state index contributed by atoms with van der Waals surface area (Å²) in [6, 6.07) is 3.40. The number of rotatable bonds is 4. The number of hydrogen-bond donors (Lipinski definition) is 0. The fraction of sp³-hybridized carbons (Fsp3) is 0.667. The second-order valence-electron chi connectivity index (χ2n) is 6.05. The Bertz CT molecular complexity index is 616. The smallest absolute Gasteiger partial charge is 0.252 e. The van der Waals surface area contributed by atoms with E-state index in [1.54, 1.807) is 17.5 Å². The van der Waals surface area contributed by atoms with E-state index >= 15 is 0 Å². The van der Waals surface area contributed by atoms with E-state index in [4.69, 9.17) is 0 Å². The molecule has 0 aromatic carbocycles. The van der Waals surface area contributed by atoms with Crippen molar-refractivity contribution in [1.29, 1.82) is 0 Å². The topological polar surface area (TPSA) is 60.9 Å². The second kappa shape index (κ2) is 7.29. The summed E-state index contributed by atoms with van der Waals surface area (Å²) in [5, 5.41) is 1.78. The predicted octanol–water partition coefficient (Wildman–Crippen LogP) is 1.07. The molecule has 2 saturated heterocycles. The van der Waals surface area contributed by atoms with E-state index in [-0.39, 0.29) is 5.91 Å². The van der Waals surface area contributed by atoms with Gasteiger partial charge >= 0.3 is 0 Å². The van der Waals surface area contributed by atoms with Crippen molar-refractivity contribution in [2.24, 2.45) is 0 Å². The van der Waals surface area contributed by atoms with E-state index in [1.807, 2.05) is 4.90 Å². The molecule has 0 bridgehead atoms. The van der Waals surface area contributed by atoms with Gasteiger partial charge in [0.2, 0.25) is 5.91 Å². The van der Waals surface area contributed by atoms with Crippen LogP contribution < -0.4 is 0 Å². The number of carbonyl (C=O) groups is 1. The van der Waals surface area contributed by atoms with Crippen molar-refractivity contribution in [1.82, 2.24) is 14.1 Å². The Morgan fingerprint density at radius 1 is 1.04 bits per heavy atom. The van der Waals surface area contributed by atoms with Crippen molar-refractivity contribution < 1.29 is 13.2 Å². The van der Waals surface area contributed by atoms with Gasteiger partial charge in [0.05, 0.1) is 6.54 Å². The highest BCUT2D eigenvalue weighted by Crippen LogP contribution is 2.22. The molecule has 8 heteroatoms. The van der Waals surface area contributed by atoms with E-state index in [0.29, 0.717) is 36.9 Å². The highest BCUT2D eigenvalue weighted by atomic mass is 32.2. The van der Waals surface area contributed by atoms with Gasteiger partial charge in [0.15, 0.2) is 0 Å². The number of carbonyl (C=O) groups excluding carboxylic acids is 1. The van der Waals surface area contributed by atoms with Crippen molar-refractivity contribution in [3.8, 4) is 0 Å². The predicted molar refractivity (Wildman–Crippen MR) is 89.9 cm³/mol. The lowest BCUT2D eigenvalue weighted by Gasteiger charge is -2.35. The molecule has 1 amide bonds. The van der Waals surface area contributed by atoms with Crippen LogP contribution in [0.5, 0.6) is 0 Å². The van der Waals surface area contributed by atoms with Crippen LogP contribution in [0.25, 0.3) is 0 Å². The molecule has 3 heterocycles. The molecule has 2 aliphatic heterocycles. The third-order valence-electron chi connectivity index (χ3n) is 4.49. The molecule has 1 aromatic heterocycles. The van der Waals surface area contributed by atoms with E-state index in [9.17, 15) is 13.2 Å². The molecule has 0 aliphatic carbocycles. The van der Waals surface area contributed by atoms with E-state index < -0.39 is 10.0 Å². The molecule has 0 atom stereocenters. The molecule has 0 unspecified atom stereocenters. The maximum absolute atomic E-state index is 12.5. The lowest BCUT2D eigenvalue weighted by molar-refractivity contribution is -0.133. The summed E-state index contributed by atoms with van der Waals surface area (Å²) in [6.45, 7) is 4.28. The van der Waals surface area contributed by atoms with Crippen LogP contribution in [0.1, 0.15) is 19.3 Å². The van der Waals surface area contributed by atoms with Crippen LogP contribution >= 0.6 is 11.3 Å². The quantitative estimate of drug-likeness (QED) is 0.809. The first-order chi connectivity index (χ1) is 11.1. The van der Waals surface area contributed by atoms with Crippen molar-refractivity contribution >= 4 is 27.3 Å². The van der Waals surface area contributed by atoms with Crippen LogP contribution in [0.4, 0.5) is 0 Å². The SMILES string of the molecule is O=C(CN1CCN(S(=O)(=O)c2cccs2)CC1)N1CCCCC1. The van der Waals surface area contributed by atoms with E-state index in [0.717, 1.165) is 25.9 Å². The minimum absolute atomic E-state index is 0.180. The molecule has 1 aromatic rings. The Morgan fingerprint density at radius 3 is 2.35 bits per heavy atom. The molecule has 3 rings (SSSR count).